The summed E-state index contributed by atoms with van der Waals surface area (Å²) in [6.07, 6.45) is 2.11. The van der Waals surface area contributed by atoms with Crippen LogP contribution in [0.4, 0.5) is 0 Å². The average Bonchev–Trinajstić information content (AvgIpc) is 2.61. The number of aliphatic carboxylic acids is 1. The maximum absolute atomic E-state index is 11.0. The molecule has 1 amide bonds. The first kappa shape index (κ1) is 21.0. The van der Waals surface area contributed by atoms with Gasteiger partial charge in [0, 0.05) is 26.1 Å². The SMILES string of the molecule is CCN(C)C[C@H](CCOc1ccc(CC(C)C(=O)O)cc1)N(C)C=O. The molecule has 0 bridgehead atoms. The molecule has 0 aliphatic rings. The number of hydrogen-bond acceptors (Lipinski definition) is 4. The van der Waals surface area contributed by atoms with Crippen molar-refractivity contribution in [3.63, 3.8) is 0 Å². The van der Waals surface area contributed by atoms with Gasteiger partial charge in [0.25, 0.3) is 0 Å². The van der Waals surface area contributed by atoms with Crippen molar-refractivity contribution in [2.45, 2.75) is 32.7 Å². The number of amides is 1. The van der Waals surface area contributed by atoms with Crippen molar-refractivity contribution in [3.8, 4) is 5.75 Å². The number of carboxylic acid groups (broad SMARTS) is 1. The average molecular weight is 350 g/mol. The summed E-state index contributed by atoms with van der Waals surface area (Å²) in [7, 11) is 3.82. The van der Waals surface area contributed by atoms with Crippen LogP contribution >= 0.6 is 0 Å². The van der Waals surface area contributed by atoms with Crippen molar-refractivity contribution in [1.29, 1.82) is 0 Å². The van der Waals surface area contributed by atoms with E-state index in [1.165, 1.54) is 0 Å². The molecule has 0 radical (unpaired) electrons. The quantitative estimate of drug-likeness (QED) is 0.585. The minimum absolute atomic E-state index is 0.109. The number of benzene rings is 1. The maximum atomic E-state index is 11.0. The van der Waals surface area contributed by atoms with E-state index in [4.69, 9.17) is 9.84 Å². The molecule has 0 aliphatic carbocycles. The highest BCUT2D eigenvalue weighted by atomic mass is 16.5. The Bertz CT molecular complexity index is 533. The summed E-state index contributed by atoms with van der Waals surface area (Å²) < 4.78 is 5.78. The van der Waals surface area contributed by atoms with E-state index in [0.717, 1.165) is 37.2 Å². The molecule has 0 aliphatic heterocycles. The third-order valence-electron chi connectivity index (χ3n) is 4.41. The van der Waals surface area contributed by atoms with Crippen molar-refractivity contribution >= 4 is 12.4 Å². The van der Waals surface area contributed by atoms with E-state index in [-0.39, 0.29) is 6.04 Å². The zero-order valence-electron chi connectivity index (χ0n) is 15.6. The number of nitrogens with zero attached hydrogens (tertiary/aromatic N) is 2. The van der Waals surface area contributed by atoms with Crippen LogP contribution in [0.1, 0.15) is 25.8 Å². The Morgan fingerprint density at radius 2 is 1.92 bits per heavy atom. The first-order chi connectivity index (χ1) is 11.9. The second-order valence-electron chi connectivity index (χ2n) is 6.50. The Labute approximate surface area is 150 Å². The van der Waals surface area contributed by atoms with Crippen LogP contribution in [0.3, 0.4) is 0 Å². The summed E-state index contributed by atoms with van der Waals surface area (Å²) >= 11 is 0. The monoisotopic (exact) mass is 350 g/mol. The summed E-state index contributed by atoms with van der Waals surface area (Å²) in [5.41, 5.74) is 0.977. The van der Waals surface area contributed by atoms with Gasteiger partial charge in [-0.25, -0.2) is 0 Å². The normalized spacial score (nSPS) is 13.3. The van der Waals surface area contributed by atoms with E-state index in [0.29, 0.717) is 13.0 Å². The third-order valence-corrected chi connectivity index (χ3v) is 4.41. The standard InChI is InChI=1S/C19H30N2O4/c1-5-20(3)13-17(21(4)14-22)10-11-25-18-8-6-16(7-9-18)12-15(2)19(23)24/h6-9,14-15,17H,5,10-13H2,1-4H3,(H,23,24)/t15?,17-/m0/s1. The Balaban J connectivity index is 2.50. The lowest BCUT2D eigenvalue weighted by molar-refractivity contribution is -0.141. The van der Waals surface area contributed by atoms with Gasteiger partial charge in [0.05, 0.1) is 12.5 Å². The number of rotatable bonds is 12. The second-order valence-corrected chi connectivity index (χ2v) is 6.50. The maximum Gasteiger partial charge on any atom is 0.306 e. The van der Waals surface area contributed by atoms with Crippen LogP contribution in [-0.4, -0.2) is 67.1 Å². The molecule has 25 heavy (non-hydrogen) atoms. The molecule has 0 saturated heterocycles. The van der Waals surface area contributed by atoms with Crippen molar-refractivity contribution in [1.82, 2.24) is 9.80 Å². The molecule has 6 nitrogen and oxygen atoms in total. The number of hydrogen-bond donors (Lipinski definition) is 1. The highest BCUT2D eigenvalue weighted by molar-refractivity contribution is 5.69. The van der Waals surface area contributed by atoms with Crippen LogP contribution in [0.25, 0.3) is 0 Å². The van der Waals surface area contributed by atoms with E-state index in [1.807, 2.05) is 31.3 Å². The van der Waals surface area contributed by atoms with Gasteiger partial charge in [-0.1, -0.05) is 26.0 Å². The van der Waals surface area contributed by atoms with Crippen molar-refractivity contribution in [3.05, 3.63) is 29.8 Å². The lowest BCUT2D eigenvalue weighted by Gasteiger charge is -2.28. The molecular weight excluding hydrogens is 320 g/mol. The van der Waals surface area contributed by atoms with Crippen LogP contribution in [0.5, 0.6) is 5.75 Å². The molecular formula is C19H30N2O4. The molecule has 0 heterocycles. The third kappa shape index (κ3) is 7.56. The largest absolute Gasteiger partial charge is 0.494 e. The predicted octanol–water partition coefficient (Wildman–Crippen LogP) is 2.13. The lowest BCUT2D eigenvalue weighted by atomic mass is 10.0. The lowest BCUT2D eigenvalue weighted by Crippen LogP contribution is -2.41. The molecule has 1 rings (SSSR count). The van der Waals surface area contributed by atoms with Gasteiger partial charge >= 0.3 is 5.97 Å². The zero-order valence-corrected chi connectivity index (χ0v) is 15.6. The molecule has 2 atom stereocenters. The Morgan fingerprint density at radius 1 is 1.28 bits per heavy atom. The van der Waals surface area contributed by atoms with Gasteiger partial charge in [-0.05, 0) is 37.7 Å². The smallest absolute Gasteiger partial charge is 0.306 e. The fourth-order valence-electron chi connectivity index (χ4n) is 2.47. The molecule has 0 saturated carbocycles. The highest BCUT2D eigenvalue weighted by Gasteiger charge is 2.15. The van der Waals surface area contributed by atoms with E-state index in [2.05, 4.69) is 11.8 Å². The van der Waals surface area contributed by atoms with Gasteiger partial charge in [-0.2, -0.15) is 0 Å². The summed E-state index contributed by atoms with van der Waals surface area (Å²) in [6.45, 7) is 6.04. The summed E-state index contributed by atoms with van der Waals surface area (Å²) in [6, 6.07) is 7.63. The first-order valence-electron chi connectivity index (χ1n) is 8.67. The summed E-state index contributed by atoms with van der Waals surface area (Å²) in [5, 5.41) is 8.95. The van der Waals surface area contributed by atoms with Crippen molar-refractivity contribution < 1.29 is 19.4 Å². The molecule has 0 aromatic heterocycles. The van der Waals surface area contributed by atoms with E-state index in [1.54, 1.807) is 18.9 Å². The van der Waals surface area contributed by atoms with E-state index < -0.39 is 11.9 Å². The molecule has 140 valence electrons. The summed E-state index contributed by atoms with van der Waals surface area (Å²) in [4.78, 5) is 25.8. The van der Waals surface area contributed by atoms with Gasteiger partial charge in [-0.3, -0.25) is 9.59 Å². The number of carboxylic acids is 1. The number of likely N-dealkylation sites (N-methyl/N-ethyl adjacent to an activating group) is 2. The van der Waals surface area contributed by atoms with Crippen molar-refractivity contribution in [2.24, 2.45) is 5.92 Å². The van der Waals surface area contributed by atoms with Gasteiger partial charge in [0.1, 0.15) is 5.75 Å². The number of carbonyl (C=O) groups is 2. The number of carbonyl (C=O) groups excluding carboxylic acids is 1. The first-order valence-corrected chi connectivity index (χ1v) is 8.67. The summed E-state index contributed by atoms with van der Waals surface area (Å²) in [5.74, 6) is -0.437. The Morgan fingerprint density at radius 3 is 2.44 bits per heavy atom. The van der Waals surface area contributed by atoms with E-state index >= 15 is 0 Å². The molecule has 1 unspecified atom stereocenters. The van der Waals surface area contributed by atoms with Crippen LogP contribution in [0.15, 0.2) is 24.3 Å². The van der Waals surface area contributed by atoms with Crippen LogP contribution in [0, 0.1) is 5.92 Å². The highest BCUT2D eigenvalue weighted by Crippen LogP contribution is 2.16. The molecule has 6 heteroatoms. The topological polar surface area (TPSA) is 70.1 Å². The Kier molecular flexibility index (Phi) is 8.99. The minimum atomic E-state index is -0.789. The molecule has 1 aromatic rings. The molecule has 1 aromatic carbocycles. The van der Waals surface area contributed by atoms with Gasteiger partial charge < -0.3 is 19.6 Å². The van der Waals surface area contributed by atoms with Gasteiger partial charge in [0.15, 0.2) is 0 Å². The van der Waals surface area contributed by atoms with Gasteiger partial charge in [0.2, 0.25) is 6.41 Å². The minimum Gasteiger partial charge on any atom is -0.494 e. The second kappa shape index (κ2) is 10.7. The fraction of sp³-hybridized carbons (Fsp3) is 0.579. The molecule has 1 N–H and O–H groups in total. The fourth-order valence-corrected chi connectivity index (χ4v) is 2.47. The molecule has 0 spiro atoms. The zero-order chi connectivity index (χ0) is 18.8. The van der Waals surface area contributed by atoms with Crippen molar-refractivity contribution in [2.75, 3.05) is 33.8 Å². The Hall–Kier alpha value is -2.08. The predicted molar refractivity (Wildman–Crippen MR) is 97.8 cm³/mol. The van der Waals surface area contributed by atoms with Crippen LogP contribution in [0.2, 0.25) is 0 Å². The van der Waals surface area contributed by atoms with Crippen LogP contribution < -0.4 is 4.74 Å². The molecule has 0 fully saturated rings. The van der Waals surface area contributed by atoms with Gasteiger partial charge in [-0.15, -0.1) is 0 Å². The van der Waals surface area contributed by atoms with E-state index in [9.17, 15) is 9.59 Å². The number of ether oxygens (including phenoxy) is 1. The van der Waals surface area contributed by atoms with Crippen LogP contribution in [-0.2, 0) is 16.0 Å².